The molecule has 15 heavy (non-hydrogen) atoms. The molecular formula is C12H9N3. The Morgan fingerprint density at radius 1 is 0.667 bits per heavy atom. The normalized spacial score (nSPS) is 8.60. The van der Waals surface area contributed by atoms with E-state index in [-0.39, 0.29) is 0 Å². The topological polar surface area (TPSA) is 38.7 Å². The van der Waals surface area contributed by atoms with Crippen molar-refractivity contribution in [2.45, 2.75) is 19.3 Å². The van der Waals surface area contributed by atoms with E-state index in [1.54, 1.807) is 0 Å². The molecule has 0 spiro atoms. The van der Waals surface area contributed by atoms with Gasteiger partial charge in [-0.15, -0.1) is 19.3 Å². The summed E-state index contributed by atoms with van der Waals surface area (Å²) in [4.78, 5) is 12.4. The van der Waals surface area contributed by atoms with Crippen LogP contribution in [0.3, 0.4) is 0 Å². The average Bonchev–Trinajstić information content (AvgIpc) is 2.19. The number of terminal acetylenes is 3. The van der Waals surface area contributed by atoms with Crippen LogP contribution in [0, 0.1) is 37.0 Å². The van der Waals surface area contributed by atoms with Crippen molar-refractivity contribution in [3.63, 3.8) is 0 Å². The summed E-state index contributed by atoms with van der Waals surface area (Å²) in [6.45, 7) is 0. The van der Waals surface area contributed by atoms with Gasteiger partial charge in [-0.1, -0.05) is 17.8 Å². The predicted octanol–water partition coefficient (Wildman–Crippen LogP) is 0.399. The zero-order valence-electron chi connectivity index (χ0n) is 8.20. The molecule has 72 valence electrons. The molecule has 1 aromatic heterocycles. The third-order valence-electron chi connectivity index (χ3n) is 1.55. The van der Waals surface area contributed by atoms with Crippen LogP contribution in [0.1, 0.15) is 17.5 Å². The molecule has 0 aliphatic carbocycles. The molecule has 0 aromatic carbocycles. The standard InChI is InChI=1S/C12H9N3/c1-4-7-10-13-11(8-5-2)15-12(14-10)9-6-3/h1-3H,7-9H2. The Morgan fingerprint density at radius 3 is 1.13 bits per heavy atom. The lowest BCUT2D eigenvalue weighted by molar-refractivity contribution is 0.824. The minimum atomic E-state index is 0.359. The summed E-state index contributed by atoms with van der Waals surface area (Å²) in [6.07, 6.45) is 16.6. The quantitative estimate of drug-likeness (QED) is 0.655. The Balaban J connectivity index is 3.05. The molecule has 0 aliphatic heterocycles. The van der Waals surface area contributed by atoms with Gasteiger partial charge in [-0.05, 0) is 0 Å². The summed E-state index contributed by atoms with van der Waals surface area (Å²) in [5.41, 5.74) is 0. The van der Waals surface area contributed by atoms with Gasteiger partial charge in [0.25, 0.3) is 0 Å². The zero-order valence-corrected chi connectivity index (χ0v) is 8.20. The first-order chi connectivity index (χ1) is 7.30. The first-order valence-corrected chi connectivity index (χ1v) is 4.33. The average molecular weight is 195 g/mol. The van der Waals surface area contributed by atoms with Gasteiger partial charge in [0.1, 0.15) is 17.5 Å². The lowest BCUT2D eigenvalue weighted by Gasteiger charge is -2.01. The van der Waals surface area contributed by atoms with E-state index in [1.165, 1.54) is 0 Å². The molecule has 1 rings (SSSR count). The number of nitrogens with zero attached hydrogens (tertiary/aromatic N) is 3. The molecule has 0 fully saturated rings. The predicted molar refractivity (Wildman–Crippen MR) is 57.4 cm³/mol. The van der Waals surface area contributed by atoms with Gasteiger partial charge < -0.3 is 0 Å². The van der Waals surface area contributed by atoms with Gasteiger partial charge in [0.05, 0.1) is 19.3 Å². The van der Waals surface area contributed by atoms with Crippen LogP contribution in [-0.4, -0.2) is 15.0 Å². The molecular weight excluding hydrogens is 186 g/mol. The molecule has 0 saturated carbocycles. The fourth-order valence-corrected chi connectivity index (χ4v) is 1.03. The maximum absolute atomic E-state index is 5.18. The van der Waals surface area contributed by atoms with Gasteiger partial charge in [0.2, 0.25) is 0 Å². The molecule has 3 nitrogen and oxygen atoms in total. The maximum Gasteiger partial charge on any atom is 0.144 e. The van der Waals surface area contributed by atoms with E-state index in [2.05, 4.69) is 32.7 Å². The molecule has 1 heterocycles. The second-order valence-corrected chi connectivity index (χ2v) is 2.73. The van der Waals surface area contributed by atoms with E-state index in [0.29, 0.717) is 36.7 Å². The lowest BCUT2D eigenvalue weighted by atomic mass is 10.3. The van der Waals surface area contributed by atoms with Crippen molar-refractivity contribution in [1.29, 1.82) is 0 Å². The smallest absolute Gasteiger partial charge is 0.144 e. The lowest BCUT2D eigenvalue weighted by Crippen LogP contribution is -2.06. The Morgan fingerprint density at radius 2 is 0.933 bits per heavy atom. The summed E-state index contributed by atoms with van der Waals surface area (Å²) in [7, 11) is 0. The van der Waals surface area contributed by atoms with Crippen molar-refractivity contribution in [3.05, 3.63) is 17.5 Å². The van der Waals surface area contributed by atoms with E-state index >= 15 is 0 Å². The van der Waals surface area contributed by atoms with Crippen molar-refractivity contribution in [2.24, 2.45) is 0 Å². The molecule has 0 unspecified atom stereocenters. The first kappa shape index (κ1) is 10.8. The largest absolute Gasteiger partial charge is 0.216 e. The van der Waals surface area contributed by atoms with Gasteiger partial charge in [-0.3, -0.25) is 0 Å². The van der Waals surface area contributed by atoms with Gasteiger partial charge in [-0.25, -0.2) is 15.0 Å². The summed E-state index contributed by atoms with van der Waals surface area (Å²) in [6, 6.07) is 0. The number of aromatic nitrogens is 3. The maximum atomic E-state index is 5.18. The fourth-order valence-electron chi connectivity index (χ4n) is 1.03. The van der Waals surface area contributed by atoms with Crippen LogP contribution in [0.15, 0.2) is 0 Å². The summed E-state index contributed by atoms with van der Waals surface area (Å²) in [5, 5.41) is 0. The van der Waals surface area contributed by atoms with Gasteiger partial charge >= 0.3 is 0 Å². The van der Waals surface area contributed by atoms with Crippen LogP contribution in [0.25, 0.3) is 0 Å². The Hall–Kier alpha value is -2.31. The van der Waals surface area contributed by atoms with Crippen molar-refractivity contribution >= 4 is 0 Å². The fraction of sp³-hybridized carbons (Fsp3) is 0.250. The Labute approximate surface area is 89.4 Å². The summed E-state index contributed by atoms with van der Waals surface area (Å²) >= 11 is 0. The molecule has 0 aliphatic rings. The molecule has 3 heteroatoms. The highest BCUT2D eigenvalue weighted by Crippen LogP contribution is 1.98. The van der Waals surface area contributed by atoms with E-state index in [0.717, 1.165) is 0 Å². The third-order valence-corrected chi connectivity index (χ3v) is 1.55. The summed E-state index contributed by atoms with van der Waals surface area (Å²) in [5.74, 6) is 9.03. The molecule has 0 amide bonds. The molecule has 0 saturated heterocycles. The third kappa shape index (κ3) is 3.14. The van der Waals surface area contributed by atoms with Crippen LogP contribution in [-0.2, 0) is 19.3 Å². The van der Waals surface area contributed by atoms with Crippen LogP contribution in [0.2, 0.25) is 0 Å². The van der Waals surface area contributed by atoms with E-state index in [9.17, 15) is 0 Å². The second-order valence-electron chi connectivity index (χ2n) is 2.73. The molecule has 0 radical (unpaired) electrons. The highest BCUT2D eigenvalue weighted by Gasteiger charge is 2.03. The summed E-state index contributed by atoms with van der Waals surface area (Å²) < 4.78 is 0. The number of rotatable bonds is 3. The van der Waals surface area contributed by atoms with Gasteiger partial charge in [0, 0.05) is 0 Å². The minimum Gasteiger partial charge on any atom is -0.216 e. The zero-order chi connectivity index (χ0) is 11.1. The molecule has 1 aromatic rings. The van der Waals surface area contributed by atoms with E-state index in [4.69, 9.17) is 19.3 Å². The van der Waals surface area contributed by atoms with Gasteiger partial charge in [0.15, 0.2) is 0 Å². The molecule has 0 atom stereocenters. The Kier molecular flexibility index (Phi) is 3.90. The number of hydrogen-bond acceptors (Lipinski definition) is 3. The van der Waals surface area contributed by atoms with E-state index in [1.807, 2.05) is 0 Å². The van der Waals surface area contributed by atoms with Crippen LogP contribution < -0.4 is 0 Å². The molecule has 0 N–H and O–H groups in total. The highest BCUT2D eigenvalue weighted by atomic mass is 15.0. The van der Waals surface area contributed by atoms with Gasteiger partial charge in [-0.2, -0.15) is 0 Å². The molecule has 0 bridgehead atoms. The van der Waals surface area contributed by atoms with Crippen LogP contribution in [0.4, 0.5) is 0 Å². The number of hydrogen-bond donors (Lipinski definition) is 0. The van der Waals surface area contributed by atoms with Crippen molar-refractivity contribution in [2.75, 3.05) is 0 Å². The monoisotopic (exact) mass is 195 g/mol. The van der Waals surface area contributed by atoms with Crippen molar-refractivity contribution < 1.29 is 0 Å². The van der Waals surface area contributed by atoms with Crippen molar-refractivity contribution in [1.82, 2.24) is 15.0 Å². The second kappa shape index (κ2) is 5.43. The van der Waals surface area contributed by atoms with E-state index < -0.39 is 0 Å². The van der Waals surface area contributed by atoms with Crippen LogP contribution in [0.5, 0.6) is 0 Å². The van der Waals surface area contributed by atoms with Crippen LogP contribution >= 0.6 is 0 Å². The highest BCUT2D eigenvalue weighted by molar-refractivity contribution is 5.10. The minimum absolute atomic E-state index is 0.359. The first-order valence-electron chi connectivity index (χ1n) is 4.33. The SMILES string of the molecule is C#CCc1nc(CC#C)nc(CC#C)n1. The Bertz CT molecular complexity index is 385. The van der Waals surface area contributed by atoms with Crippen molar-refractivity contribution in [3.8, 4) is 37.0 Å².